The molecule has 2 amide bonds. The van der Waals surface area contributed by atoms with Gasteiger partial charge in [0.2, 0.25) is 5.82 Å². The molecule has 0 unspecified atom stereocenters. The third-order valence-corrected chi connectivity index (χ3v) is 4.39. The van der Waals surface area contributed by atoms with Gasteiger partial charge < -0.3 is 19.9 Å². The van der Waals surface area contributed by atoms with E-state index in [2.05, 4.69) is 20.8 Å². The number of ether oxygens (including phenoxy) is 1. The van der Waals surface area contributed by atoms with Crippen molar-refractivity contribution >= 4 is 23.4 Å². The fraction of sp³-hybridized carbons (Fsp3) is 0.200. The molecule has 30 heavy (non-hydrogen) atoms. The normalized spacial score (nSPS) is 10.5. The quantitative estimate of drug-likeness (QED) is 0.530. The predicted octanol–water partition coefficient (Wildman–Crippen LogP) is 2.76. The van der Waals surface area contributed by atoms with Crippen LogP contribution in [0.3, 0.4) is 0 Å². The largest absolute Gasteiger partial charge is 0.484 e. The maximum Gasteiger partial charge on any atom is 0.316 e. The summed E-state index contributed by atoms with van der Waals surface area (Å²) in [4.78, 5) is 27.7. The van der Waals surface area contributed by atoms with Crippen molar-refractivity contribution in [3.8, 4) is 17.1 Å². The van der Waals surface area contributed by atoms with Crippen LogP contribution < -0.4 is 15.4 Å². The number of benzene rings is 2. The van der Waals surface area contributed by atoms with E-state index in [1.807, 2.05) is 6.92 Å². The summed E-state index contributed by atoms with van der Waals surface area (Å²) in [5, 5.41) is 9.35. The lowest BCUT2D eigenvalue weighted by atomic mass is 10.2. The van der Waals surface area contributed by atoms with E-state index >= 15 is 0 Å². The number of carbonyl (C=O) groups is 2. The van der Waals surface area contributed by atoms with Gasteiger partial charge in [-0.15, -0.1) is 0 Å². The molecule has 2 N–H and O–H groups in total. The van der Waals surface area contributed by atoms with Gasteiger partial charge in [-0.3, -0.25) is 9.59 Å². The summed E-state index contributed by atoms with van der Waals surface area (Å²) >= 11 is 5.94. The first-order valence-corrected chi connectivity index (χ1v) is 9.34. The smallest absolute Gasteiger partial charge is 0.316 e. The number of halogens is 2. The first-order valence-electron chi connectivity index (χ1n) is 8.96. The molecule has 8 nitrogen and oxygen atoms in total. The van der Waals surface area contributed by atoms with Crippen molar-refractivity contribution in [2.45, 2.75) is 6.92 Å². The van der Waals surface area contributed by atoms with E-state index in [1.165, 1.54) is 18.2 Å². The fourth-order valence-corrected chi connectivity index (χ4v) is 2.55. The van der Waals surface area contributed by atoms with Crippen LogP contribution in [0.15, 0.2) is 47.0 Å². The zero-order chi connectivity index (χ0) is 21.5. The van der Waals surface area contributed by atoms with Crippen LogP contribution in [0.4, 0.5) is 4.39 Å². The molecule has 0 aliphatic rings. The van der Waals surface area contributed by atoms with E-state index in [9.17, 15) is 14.0 Å². The van der Waals surface area contributed by atoms with Gasteiger partial charge >= 0.3 is 11.8 Å². The number of carbonyl (C=O) groups excluding carboxylic acids is 2. The van der Waals surface area contributed by atoms with E-state index in [-0.39, 0.29) is 42.9 Å². The van der Waals surface area contributed by atoms with Gasteiger partial charge in [-0.1, -0.05) is 28.9 Å². The molecule has 0 aliphatic carbocycles. The maximum atomic E-state index is 13.7. The molecule has 0 saturated carbocycles. The Morgan fingerprint density at radius 3 is 2.70 bits per heavy atom. The summed E-state index contributed by atoms with van der Waals surface area (Å²) in [6, 6.07) is 11.0. The lowest BCUT2D eigenvalue weighted by Crippen LogP contribution is -2.36. The van der Waals surface area contributed by atoms with Crippen LogP contribution >= 0.6 is 11.6 Å². The molecule has 3 aromatic rings. The molecule has 0 saturated heterocycles. The number of nitrogens with zero attached hydrogens (tertiary/aromatic N) is 2. The van der Waals surface area contributed by atoms with Gasteiger partial charge in [0.1, 0.15) is 11.6 Å². The zero-order valence-electron chi connectivity index (χ0n) is 15.9. The van der Waals surface area contributed by atoms with Gasteiger partial charge in [0.15, 0.2) is 6.61 Å². The number of nitrogens with one attached hydrogen (secondary N) is 2. The average Bonchev–Trinajstić information content (AvgIpc) is 3.22. The van der Waals surface area contributed by atoms with Crippen molar-refractivity contribution < 1.29 is 23.2 Å². The second kappa shape index (κ2) is 9.84. The van der Waals surface area contributed by atoms with Crippen molar-refractivity contribution in [3.63, 3.8) is 0 Å². The molecule has 10 heteroatoms. The second-order valence-electron chi connectivity index (χ2n) is 6.21. The Morgan fingerprint density at radius 2 is 1.93 bits per heavy atom. The first kappa shape index (κ1) is 21.3. The fourth-order valence-electron chi connectivity index (χ4n) is 2.43. The SMILES string of the molecule is Cc1cc(OCC(=O)NCCNC(=O)c2nc(-c3ccccc3F)no2)ccc1Cl. The summed E-state index contributed by atoms with van der Waals surface area (Å²) in [7, 11) is 0. The Hall–Kier alpha value is -3.46. The van der Waals surface area contributed by atoms with E-state index in [4.69, 9.17) is 20.9 Å². The maximum absolute atomic E-state index is 13.7. The van der Waals surface area contributed by atoms with Crippen LogP contribution in [0.5, 0.6) is 5.75 Å². The topological polar surface area (TPSA) is 106 Å². The van der Waals surface area contributed by atoms with Crippen LogP contribution in [-0.4, -0.2) is 41.7 Å². The van der Waals surface area contributed by atoms with Gasteiger partial charge in [0.25, 0.3) is 5.91 Å². The highest BCUT2D eigenvalue weighted by Gasteiger charge is 2.17. The Kier molecular flexibility index (Phi) is 6.97. The highest BCUT2D eigenvalue weighted by Crippen LogP contribution is 2.21. The molecule has 3 rings (SSSR count). The monoisotopic (exact) mass is 432 g/mol. The lowest BCUT2D eigenvalue weighted by Gasteiger charge is -2.08. The lowest BCUT2D eigenvalue weighted by molar-refractivity contribution is -0.123. The highest BCUT2D eigenvalue weighted by molar-refractivity contribution is 6.31. The van der Waals surface area contributed by atoms with Crippen LogP contribution in [0.25, 0.3) is 11.4 Å². The average molecular weight is 433 g/mol. The van der Waals surface area contributed by atoms with Gasteiger partial charge in [-0.2, -0.15) is 4.98 Å². The van der Waals surface area contributed by atoms with E-state index in [1.54, 1.807) is 24.3 Å². The van der Waals surface area contributed by atoms with Crippen LogP contribution in [0, 0.1) is 12.7 Å². The molecule has 0 atom stereocenters. The molecule has 156 valence electrons. The van der Waals surface area contributed by atoms with E-state index < -0.39 is 11.7 Å². The summed E-state index contributed by atoms with van der Waals surface area (Å²) in [5.74, 6) is -1.31. The second-order valence-corrected chi connectivity index (χ2v) is 6.62. The molecule has 0 fully saturated rings. The number of hydrogen-bond donors (Lipinski definition) is 2. The minimum absolute atomic E-state index is 0.0267. The van der Waals surface area contributed by atoms with Crippen molar-refractivity contribution in [2.24, 2.45) is 0 Å². The predicted molar refractivity (Wildman–Crippen MR) is 107 cm³/mol. The zero-order valence-corrected chi connectivity index (χ0v) is 16.7. The minimum atomic E-state index is -0.632. The minimum Gasteiger partial charge on any atom is -0.484 e. The molecule has 0 spiro atoms. The number of aromatic nitrogens is 2. The Labute approximate surface area is 176 Å². The summed E-state index contributed by atoms with van der Waals surface area (Å²) < 4.78 is 24.0. The van der Waals surface area contributed by atoms with Crippen LogP contribution in [-0.2, 0) is 4.79 Å². The third-order valence-electron chi connectivity index (χ3n) is 3.97. The van der Waals surface area contributed by atoms with Crippen molar-refractivity contribution in [1.29, 1.82) is 0 Å². The molecular weight excluding hydrogens is 415 g/mol. The number of aryl methyl sites for hydroxylation is 1. The molecule has 2 aromatic carbocycles. The molecule has 0 bridgehead atoms. The standard InChI is InChI=1S/C20H18ClFN4O4/c1-12-10-13(6-7-15(12)21)29-11-17(27)23-8-9-24-19(28)20-25-18(26-30-20)14-4-2-3-5-16(14)22/h2-7,10H,8-9,11H2,1H3,(H,23,27)(H,24,28). The number of amides is 2. The van der Waals surface area contributed by atoms with E-state index in [0.29, 0.717) is 10.8 Å². The molecule has 0 radical (unpaired) electrons. The van der Waals surface area contributed by atoms with Crippen molar-refractivity contribution in [1.82, 2.24) is 20.8 Å². The Morgan fingerprint density at radius 1 is 1.17 bits per heavy atom. The van der Waals surface area contributed by atoms with Gasteiger partial charge in [0, 0.05) is 18.1 Å². The summed E-state index contributed by atoms with van der Waals surface area (Å²) in [6.07, 6.45) is 0. The van der Waals surface area contributed by atoms with Crippen molar-refractivity contribution in [3.05, 3.63) is 64.8 Å². The van der Waals surface area contributed by atoms with Gasteiger partial charge in [0.05, 0.1) is 5.56 Å². The molecule has 0 aliphatic heterocycles. The Bertz CT molecular complexity index is 1060. The van der Waals surface area contributed by atoms with Crippen molar-refractivity contribution in [2.75, 3.05) is 19.7 Å². The van der Waals surface area contributed by atoms with Crippen LogP contribution in [0.2, 0.25) is 5.02 Å². The van der Waals surface area contributed by atoms with E-state index in [0.717, 1.165) is 5.56 Å². The molecular formula is C20H18ClFN4O4. The molecule has 1 aromatic heterocycles. The summed E-state index contributed by atoms with van der Waals surface area (Å²) in [6.45, 7) is 1.95. The van der Waals surface area contributed by atoms with Crippen LogP contribution in [0.1, 0.15) is 16.2 Å². The first-order chi connectivity index (χ1) is 14.4. The Balaban J connectivity index is 1.40. The third kappa shape index (κ3) is 5.54. The highest BCUT2D eigenvalue weighted by atomic mass is 35.5. The summed E-state index contributed by atoms with van der Waals surface area (Å²) in [5.41, 5.74) is 0.972. The number of rotatable bonds is 8. The van der Waals surface area contributed by atoms with Gasteiger partial charge in [-0.25, -0.2) is 4.39 Å². The van der Waals surface area contributed by atoms with Gasteiger partial charge in [-0.05, 0) is 42.8 Å². The number of hydrogen-bond acceptors (Lipinski definition) is 6. The molecule has 1 heterocycles.